The Kier molecular flexibility index (Phi) is 3.97. The summed E-state index contributed by atoms with van der Waals surface area (Å²) in [6, 6.07) is 3.70. The largest absolute Gasteiger partial charge is 0.294 e. The van der Waals surface area contributed by atoms with Gasteiger partial charge in [0.25, 0.3) is 0 Å². The third-order valence-corrected chi connectivity index (χ3v) is 3.73. The van der Waals surface area contributed by atoms with E-state index in [9.17, 15) is 4.79 Å². The lowest BCUT2D eigenvalue weighted by Gasteiger charge is -2.27. The van der Waals surface area contributed by atoms with E-state index in [-0.39, 0.29) is 11.8 Å². The second-order valence-corrected chi connectivity index (χ2v) is 4.83. The molecule has 1 amide bonds. The fourth-order valence-corrected chi connectivity index (χ4v) is 2.72. The number of nitrogens with zero attached hydrogens (tertiary/aromatic N) is 1. The van der Waals surface area contributed by atoms with E-state index >= 15 is 0 Å². The van der Waals surface area contributed by atoms with Gasteiger partial charge in [-0.3, -0.25) is 15.2 Å². The highest BCUT2D eigenvalue weighted by Crippen LogP contribution is 2.37. The predicted octanol–water partition coefficient (Wildman–Crippen LogP) is 2.00. The lowest BCUT2D eigenvalue weighted by Crippen LogP contribution is -2.37. The first-order valence-corrected chi connectivity index (χ1v) is 6.21. The van der Waals surface area contributed by atoms with E-state index in [1.54, 1.807) is 6.20 Å². The second-order valence-electron chi connectivity index (χ2n) is 4.43. The average Bonchev–Trinajstić information content (AvgIpc) is 2.39. The number of pyridine rings is 1. The molecule has 0 aliphatic heterocycles. The topological polar surface area (TPSA) is 68.0 Å². The van der Waals surface area contributed by atoms with Crippen LogP contribution in [0.5, 0.6) is 0 Å². The number of halogens is 1. The lowest BCUT2D eigenvalue weighted by atomic mass is 9.80. The molecule has 1 saturated carbocycles. The van der Waals surface area contributed by atoms with Crippen LogP contribution in [-0.2, 0) is 4.79 Å². The Morgan fingerprint density at radius 2 is 2.12 bits per heavy atom. The van der Waals surface area contributed by atoms with Gasteiger partial charge in [0.1, 0.15) is 0 Å². The van der Waals surface area contributed by atoms with Gasteiger partial charge in [-0.05, 0) is 37.8 Å². The summed E-state index contributed by atoms with van der Waals surface area (Å²) in [5, 5.41) is 0.722. The fraction of sp³-hybridized carbons (Fsp3) is 0.500. The van der Waals surface area contributed by atoms with Crippen LogP contribution in [0.25, 0.3) is 0 Å². The number of hydrazine groups is 1. The zero-order chi connectivity index (χ0) is 12.3. The monoisotopic (exact) mass is 253 g/mol. The summed E-state index contributed by atoms with van der Waals surface area (Å²) in [6.45, 7) is 0. The molecular weight excluding hydrogens is 238 g/mol. The normalized spacial score (nSPS) is 24.4. The van der Waals surface area contributed by atoms with Crippen LogP contribution in [0.4, 0.5) is 0 Å². The van der Waals surface area contributed by atoms with Gasteiger partial charge in [0, 0.05) is 18.0 Å². The maximum Gasteiger partial charge on any atom is 0.236 e. The molecule has 0 radical (unpaired) electrons. The molecule has 4 nitrogen and oxygen atoms in total. The van der Waals surface area contributed by atoms with Crippen molar-refractivity contribution in [1.82, 2.24) is 10.4 Å². The van der Waals surface area contributed by atoms with Gasteiger partial charge >= 0.3 is 0 Å². The summed E-state index contributed by atoms with van der Waals surface area (Å²) < 4.78 is 0. The van der Waals surface area contributed by atoms with Crippen molar-refractivity contribution in [3.63, 3.8) is 0 Å². The van der Waals surface area contributed by atoms with Crippen LogP contribution in [0, 0.1) is 5.92 Å². The van der Waals surface area contributed by atoms with E-state index in [2.05, 4.69) is 10.4 Å². The minimum absolute atomic E-state index is 0.0405. The fourth-order valence-electron chi connectivity index (χ4n) is 2.45. The molecule has 0 saturated heterocycles. The molecule has 1 aliphatic carbocycles. The van der Waals surface area contributed by atoms with Crippen LogP contribution in [0.3, 0.4) is 0 Å². The lowest BCUT2D eigenvalue weighted by molar-refractivity contribution is -0.126. The maximum atomic E-state index is 11.4. The van der Waals surface area contributed by atoms with Gasteiger partial charge in [0.15, 0.2) is 0 Å². The van der Waals surface area contributed by atoms with Gasteiger partial charge in [0.2, 0.25) is 5.91 Å². The Labute approximate surface area is 106 Å². The van der Waals surface area contributed by atoms with Crippen molar-refractivity contribution in [2.45, 2.75) is 31.6 Å². The Balaban J connectivity index is 2.00. The molecule has 0 atom stereocenters. The molecule has 0 bridgehead atoms. The number of amides is 1. The van der Waals surface area contributed by atoms with E-state index in [1.165, 1.54) is 0 Å². The number of aromatic nitrogens is 1. The van der Waals surface area contributed by atoms with Crippen LogP contribution in [0.15, 0.2) is 18.3 Å². The number of carbonyl (C=O) groups is 1. The number of rotatable bonds is 2. The summed E-state index contributed by atoms with van der Waals surface area (Å²) >= 11 is 6.12. The molecule has 0 unspecified atom stereocenters. The molecule has 3 N–H and O–H groups in total. The van der Waals surface area contributed by atoms with Gasteiger partial charge in [-0.25, -0.2) is 5.84 Å². The predicted molar refractivity (Wildman–Crippen MR) is 66.3 cm³/mol. The molecule has 1 aliphatic rings. The molecule has 17 heavy (non-hydrogen) atoms. The van der Waals surface area contributed by atoms with Crippen molar-refractivity contribution in [3.05, 3.63) is 29.0 Å². The van der Waals surface area contributed by atoms with Crippen molar-refractivity contribution in [2.75, 3.05) is 0 Å². The Hall–Kier alpha value is -1.13. The van der Waals surface area contributed by atoms with E-state index in [0.29, 0.717) is 5.92 Å². The van der Waals surface area contributed by atoms with Crippen LogP contribution >= 0.6 is 11.6 Å². The minimum atomic E-state index is -0.0597. The molecule has 1 aromatic heterocycles. The van der Waals surface area contributed by atoms with Crippen molar-refractivity contribution < 1.29 is 4.79 Å². The molecule has 92 valence electrons. The third-order valence-electron chi connectivity index (χ3n) is 3.41. The molecular formula is C12H16ClN3O. The van der Waals surface area contributed by atoms with Crippen LogP contribution in [0.1, 0.15) is 37.3 Å². The molecule has 1 fully saturated rings. The highest BCUT2D eigenvalue weighted by atomic mass is 35.5. The Bertz CT molecular complexity index is 402. The zero-order valence-corrected chi connectivity index (χ0v) is 10.3. The molecule has 2 rings (SSSR count). The number of nitrogens with two attached hydrogens (primary N) is 1. The van der Waals surface area contributed by atoms with E-state index in [0.717, 1.165) is 36.4 Å². The maximum absolute atomic E-state index is 11.4. The first-order chi connectivity index (χ1) is 8.22. The molecule has 0 aromatic carbocycles. The van der Waals surface area contributed by atoms with Gasteiger partial charge < -0.3 is 0 Å². The molecule has 1 aromatic rings. The van der Waals surface area contributed by atoms with Gasteiger partial charge in [-0.2, -0.15) is 0 Å². The Morgan fingerprint density at radius 3 is 2.71 bits per heavy atom. The second kappa shape index (κ2) is 5.47. The van der Waals surface area contributed by atoms with Crippen molar-refractivity contribution in [3.8, 4) is 0 Å². The zero-order valence-electron chi connectivity index (χ0n) is 9.53. The molecule has 5 heteroatoms. The highest BCUT2D eigenvalue weighted by molar-refractivity contribution is 6.31. The van der Waals surface area contributed by atoms with Gasteiger partial charge in [-0.15, -0.1) is 0 Å². The third kappa shape index (κ3) is 2.76. The standard InChI is InChI=1S/C12H16ClN3O/c13-10-2-1-7-15-11(10)8-3-5-9(6-4-8)12(17)16-14/h1-2,7-9H,3-6,14H2,(H,16,17). The first kappa shape index (κ1) is 12.3. The van der Waals surface area contributed by atoms with Crippen molar-refractivity contribution in [2.24, 2.45) is 11.8 Å². The van der Waals surface area contributed by atoms with E-state index < -0.39 is 0 Å². The van der Waals surface area contributed by atoms with Gasteiger partial charge in [0.05, 0.1) is 10.7 Å². The number of carbonyl (C=O) groups excluding carboxylic acids is 1. The minimum Gasteiger partial charge on any atom is -0.294 e. The summed E-state index contributed by atoms with van der Waals surface area (Å²) in [6.07, 6.45) is 5.34. The highest BCUT2D eigenvalue weighted by Gasteiger charge is 2.28. The summed E-state index contributed by atoms with van der Waals surface area (Å²) in [4.78, 5) is 15.7. The van der Waals surface area contributed by atoms with Gasteiger partial charge in [-0.1, -0.05) is 11.6 Å². The van der Waals surface area contributed by atoms with E-state index in [1.807, 2.05) is 12.1 Å². The smallest absolute Gasteiger partial charge is 0.236 e. The number of nitrogens with one attached hydrogen (secondary N) is 1. The molecule has 1 heterocycles. The summed E-state index contributed by atoms with van der Waals surface area (Å²) in [5.74, 6) is 5.49. The van der Waals surface area contributed by atoms with Crippen molar-refractivity contribution >= 4 is 17.5 Å². The quantitative estimate of drug-likeness (QED) is 0.481. The van der Waals surface area contributed by atoms with Crippen LogP contribution < -0.4 is 11.3 Å². The number of hydrogen-bond acceptors (Lipinski definition) is 3. The first-order valence-electron chi connectivity index (χ1n) is 5.83. The van der Waals surface area contributed by atoms with Crippen molar-refractivity contribution in [1.29, 1.82) is 0 Å². The molecule has 0 spiro atoms. The summed E-state index contributed by atoms with van der Waals surface area (Å²) in [7, 11) is 0. The Morgan fingerprint density at radius 1 is 1.41 bits per heavy atom. The van der Waals surface area contributed by atoms with Crippen LogP contribution in [-0.4, -0.2) is 10.9 Å². The SMILES string of the molecule is NNC(=O)C1CCC(c2ncccc2Cl)CC1. The average molecular weight is 254 g/mol. The number of hydrogen-bond donors (Lipinski definition) is 2. The van der Waals surface area contributed by atoms with Crippen LogP contribution in [0.2, 0.25) is 5.02 Å². The summed E-state index contributed by atoms with van der Waals surface area (Å²) in [5.41, 5.74) is 3.18. The van der Waals surface area contributed by atoms with E-state index in [4.69, 9.17) is 17.4 Å².